The molecule has 4 aromatic rings. The van der Waals surface area contributed by atoms with Gasteiger partial charge in [-0.3, -0.25) is 4.98 Å². The Bertz CT molecular complexity index is 1270. The van der Waals surface area contributed by atoms with Crippen molar-refractivity contribution in [1.29, 1.82) is 0 Å². The topological polar surface area (TPSA) is 58.5 Å². The van der Waals surface area contributed by atoms with Gasteiger partial charge < -0.3 is 14.9 Å². The van der Waals surface area contributed by atoms with Crippen LogP contribution >= 0.6 is 0 Å². The molecule has 2 aliphatic carbocycles. The minimum Gasteiger partial charge on any atom is -0.353 e. The van der Waals surface area contributed by atoms with Crippen LogP contribution in [0, 0.1) is 0 Å². The van der Waals surface area contributed by atoms with Gasteiger partial charge in [0.2, 0.25) is 0 Å². The fraction of sp³-hybridized carbons (Fsp3) is 0.481. The molecular weight excluding hydrogens is 394 g/mol. The number of hydrogen-bond acceptors (Lipinski definition) is 3. The number of aromatic amines is 1. The number of H-pyrrole nitrogens is 1. The fourth-order valence-electron chi connectivity index (χ4n) is 5.65. The Hall–Kier alpha value is -2.66. The van der Waals surface area contributed by atoms with E-state index in [0.717, 1.165) is 22.7 Å². The smallest absolute Gasteiger partial charge is 0.140 e. The van der Waals surface area contributed by atoms with Crippen molar-refractivity contribution in [2.45, 2.75) is 76.3 Å². The molecular formula is C27H33N5. The molecule has 0 aliphatic heterocycles. The zero-order valence-corrected chi connectivity index (χ0v) is 19.4. The molecule has 32 heavy (non-hydrogen) atoms. The molecule has 4 heterocycles. The van der Waals surface area contributed by atoms with E-state index in [0.29, 0.717) is 17.9 Å². The highest BCUT2D eigenvalue weighted by atomic mass is 15.0. The van der Waals surface area contributed by atoms with E-state index in [1.54, 1.807) is 0 Å². The number of pyridine rings is 2. The first kappa shape index (κ1) is 20.0. The van der Waals surface area contributed by atoms with Gasteiger partial charge in [-0.1, -0.05) is 13.8 Å². The van der Waals surface area contributed by atoms with Crippen LogP contribution in [0.2, 0.25) is 0 Å². The summed E-state index contributed by atoms with van der Waals surface area (Å²) in [4.78, 5) is 13.6. The van der Waals surface area contributed by atoms with Crippen molar-refractivity contribution in [3.8, 4) is 11.3 Å². The van der Waals surface area contributed by atoms with Crippen LogP contribution in [-0.2, 0) is 7.05 Å². The Kier molecular flexibility index (Phi) is 4.83. The van der Waals surface area contributed by atoms with Gasteiger partial charge in [-0.05, 0) is 68.7 Å². The first-order chi connectivity index (χ1) is 15.6. The zero-order chi connectivity index (χ0) is 21.8. The molecule has 5 nitrogen and oxygen atoms in total. The lowest BCUT2D eigenvalue weighted by atomic mass is 9.83. The Morgan fingerprint density at radius 1 is 1.03 bits per heavy atom. The third kappa shape index (κ3) is 3.43. The number of aryl methyl sites for hydroxylation is 1. The number of rotatable bonds is 5. The number of nitrogens with zero attached hydrogens (tertiary/aromatic N) is 3. The first-order valence-corrected chi connectivity index (χ1v) is 12.3. The molecule has 0 radical (unpaired) electrons. The van der Waals surface area contributed by atoms with Crippen LogP contribution in [0.1, 0.15) is 75.5 Å². The van der Waals surface area contributed by atoms with E-state index in [1.165, 1.54) is 66.4 Å². The predicted octanol–water partition coefficient (Wildman–Crippen LogP) is 6.02. The summed E-state index contributed by atoms with van der Waals surface area (Å²) in [6, 6.07) is 10.2. The standard InChI is InChI=1S/C27H33N5/c1-16(2)24-25(21-15-32(3)27-20(21)5-4-14-28-27)31-23-13-12-22(30-26(23)24)17-6-8-18(9-7-17)29-19-10-11-19/h4-5,12-19,29,31H,6-11H2,1-3H3. The molecule has 2 N–H and O–H groups in total. The van der Waals surface area contributed by atoms with E-state index in [1.807, 2.05) is 12.3 Å². The molecule has 5 heteroatoms. The van der Waals surface area contributed by atoms with Gasteiger partial charge in [0, 0.05) is 59.7 Å². The summed E-state index contributed by atoms with van der Waals surface area (Å²) in [6.45, 7) is 4.55. The van der Waals surface area contributed by atoms with Crippen LogP contribution in [0.4, 0.5) is 0 Å². The summed E-state index contributed by atoms with van der Waals surface area (Å²) < 4.78 is 2.12. The zero-order valence-electron chi connectivity index (χ0n) is 19.4. The highest BCUT2D eigenvalue weighted by Gasteiger charge is 2.29. The van der Waals surface area contributed by atoms with Crippen LogP contribution in [0.3, 0.4) is 0 Å². The summed E-state index contributed by atoms with van der Waals surface area (Å²) in [7, 11) is 2.07. The van der Waals surface area contributed by atoms with E-state index >= 15 is 0 Å². The van der Waals surface area contributed by atoms with Gasteiger partial charge in [0.25, 0.3) is 0 Å². The lowest BCUT2D eigenvalue weighted by Crippen LogP contribution is -2.34. The second-order valence-electron chi connectivity index (χ2n) is 10.2. The monoisotopic (exact) mass is 427 g/mol. The van der Waals surface area contributed by atoms with Crippen LogP contribution in [-0.4, -0.2) is 31.6 Å². The number of fused-ring (bicyclic) bond motifs is 2. The van der Waals surface area contributed by atoms with Crippen LogP contribution in [0.5, 0.6) is 0 Å². The Balaban J connectivity index is 1.38. The summed E-state index contributed by atoms with van der Waals surface area (Å²) in [5.74, 6) is 0.962. The molecule has 0 aromatic carbocycles. The maximum absolute atomic E-state index is 5.28. The first-order valence-electron chi connectivity index (χ1n) is 12.3. The second kappa shape index (κ2) is 7.73. The largest absolute Gasteiger partial charge is 0.353 e. The van der Waals surface area contributed by atoms with Crippen molar-refractivity contribution < 1.29 is 0 Å². The van der Waals surface area contributed by atoms with Crippen LogP contribution < -0.4 is 5.32 Å². The molecule has 2 saturated carbocycles. The Labute approximate surface area is 189 Å². The van der Waals surface area contributed by atoms with Gasteiger partial charge in [0.1, 0.15) is 5.65 Å². The van der Waals surface area contributed by atoms with E-state index in [4.69, 9.17) is 4.98 Å². The SMILES string of the molecule is CC(C)c1c(-c2cn(C)c3ncccc23)[nH]c2ccc(C3CCC(NC4CC4)CC3)nc12. The van der Waals surface area contributed by atoms with E-state index in [9.17, 15) is 0 Å². The summed E-state index contributed by atoms with van der Waals surface area (Å²) in [5.41, 5.74) is 8.29. The molecule has 0 atom stereocenters. The van der Waals surface area contributed by atoms with Gasteiger partial charge in [-0.25, -0.2) is 4.98 Å². The van der Waals surface area contributed by atoms with Gasteiger partial charge in [-0.15, -0.1) is 0 Å². The summed E-state index contributed by atoms with van der Waals surface area (Å²) in [6.07, 6.45) is 11.8. The van der Waals surface area contributed by atoms with Crippen molar-refractivity contribution >= 4 is 22.1 Å². The molecule has 0 amide bonds. The third-order valence-electron chi connectivity index (χ3n) is 7.48. The molecule has 0 saturated heterocycles. The lowest BCUT2D eigenvalue weighted by Gasteiger charge is -2.29. The minimum atomic E-state index is 0.381. The molecule has 0 spiro atoms. The average Bonchev–Trinajstić information content (AvgIpc) is 3.44. The van der Waals surface area contributed by atoms with Gasteiger partial charge in [0.15, 0.2) is 0 Å². The maximum atomic E-state index is 5.28. The number of aromatic nitrogens is 4. The van der Waals surface area contributed by atoms with Gasteiger partial charge in [-0.2, -0.15) is 0 Å². The number of nitrogens with one attached hydrogen (secondary N) is 2. The second-order valence-corrected chi connectivity index (χ2v) is 10.2. The predicted molar refractivity (Wildman–Crippen MR) is 131 cm³/mol. The number of hydrogen-bond donors (Lipinski definition) is 2. The highest BCUT2D eigenvalue weighted by molar-refractivity contribution is 5.98. The average molecular weight is 428 g/mol. The van der Waals surface area contributed by atoms with Crippen molar-refractivity contribution in [3.05, 3.63) is 47.9 Å². The van der Waals surface area contributed by atoms with Crippen molar-refractivity contribution in [1.82, 2.24) is 24.8 Å². The van der Waals surface area contributed by atoms with Crippen LogP contribution in [0.25, 0.3) is 33.3 Å². The normalized spacial score (nSPS) is 21.8. The van der Waals surface area contributed by atoms with E-state index < -0.39 is 0 Å². The summed E-state index contributed by atoms with van der Waals surface area (Å²) in [5, 5.41) is 5.01. The van der Waals surface area contributed by atoms with Crippen molar-refractivity contribution in [2.24, 2.45) is 7.05 Å². The fourth-order valence-corrected chi connectivity index (χ4v) is 5.65. The van der Waals surface area contributed by atoms with Gasteiger partial charge in [0.05, 0.1) is 16.7 Å². The van der Waals surface area contributed by atoms with Crippen LogP contribution in [0.15, 0.2) is 36.7 Å². The molecule has 2 aliphatic rings. The molecule has 0 bridgehead atoms. The van der Waals surface area contributed by atoms with E-state index in [-0.39, 0.29) is 0 Å². The third-order valence-corrected chi connectivity index (χ3v) is 7.48. The molecule has 6 rings (SSSR count). The Morgan fingerprint density at radius 2 is 1.78 bits per heavy atom. The van der Waals surface area contributed by atoms with Gasteiger partial charge >= 0.3 is 0 Å². The molecule has 0 unspecified atom stereocenters. The van der Waals surface area contributed by atoms with E-state index in [2.05, 4.69) is 65.1 Å². The quantitative estimate of drug-likeness (QED) is 0.409. The molecule has 166 valence electrons. The molecule has 4 aromatic heterocycles. The maximum Gasteiger partial charge on any atom is 0.140 e. The highest BCUT2D eigenvalue weighted by Crippen LogP contribution is 2.40. The summed E-state index contributed by atoms with van der Waals surface area (Å²) >= 11 is 0. The van der Waals surface area contributed by atoms with Crippen molar-refractivity contribution in [2.75, 3.05) is 0 Å². The van der Waals surface area contributed by atoms with Crippen molar-refractivity contribution in [3.63, 3.8) is 0 Å². The minimum absolute atomic E-state index is 0.381. The molecule has 2 fully saturated rings. The lowest BCUT2D eigenvalue weighted by molar-refractivity contribution is 0.338. The Morgan fingerprint density at radius 3 is 2.50 bits per heavy atom.